The van der Waals surface area contributed by atoms with Gasteiger partial charge in [-0.05, 0) is 24.6 Å². The normalized spacial score (nSPS) is 24.1. The van der Waals surface area contributed by atoms with Crippen LogP contribution in [-0.2, 0) is 0 Å². The minimum Gasteiger partial charge on any atom is -0.280 e. The number of fused-ring (bicyclic) bond motifs is 1. The van der Waals surface area contributed by atoms with Gasteiger partial charge in [-0.3, -0.25) is 14.8 Å². The SMILES string of the molecule is CC1NNC(n2cnc3ccccc3c2=O)C1c1ccccc1. The van der Waals surface area contributed by atoms with E-state index in [1.807, 2.05) is 42.5 Å². The van der Waals surface area contributed by atoms with Gasteiger partial charge in [-0.15, -0.1) is 0 Å². The summed E-state index contributed by atoms with van der Waals surface area (Å²) in [6.07, 6.45) is 1.47. The molecule has 1 fully saturated rings. The Kier molecular flexibility index (Phi) is 3.44. The Labute approximate surface area is 134 Å². The highest BCUT2D eigenvalue weighted by Crippen LogP contribution is 2.32. The van der Waals surface area contributed by atoms with E-state index in [0.717, 1.165) is 5.52 Å². The van der Waals surface area contributed by atoms with Crippen molar-refractivity contribution in [1.82, 2.24) is 20.4 Å². The third kappa shape index (κ3) is 2.34. The lowest BCUT2D eigenvalue weighted by Crippen LogP contribution is -2.35. The van der Waals surface area contributed by atoms with E-state index in [1.54, 1.807) is 10.9 Å². The average molecular weight is 306 g/mol. The van der Waals surface area contributed by atoms with Gasteiger partial charge in [0.05, 0.1) is 17.2 Å². The predicted octanol–water partition coefficient (Wildman–Crippen LogP) is 2.18. The lowest BCUT2D eigenvalue weighted by molar-refractivity contribution is 0.396. The minimum absolute atomic E-state index is 0.0232. The van der Waals surface area contributed by atoms with Crippen LogP contribution in [0.2, 0.25) is 0 Å². The van der Waals surface area contributed by atoms with Crippen molar-refractivity contribution in [3.8, 4) is 0 Å². The number of rotatable bonds is 2. The molecule has 2 N–H and O–H groups in total. The van der Waals surface area contributed by atoms with Crippen molar-refractivity contribution in [2.24, 2.45) is 0 Å². The number of hydrogen-bond donors (Lipinski definition) is 2. The van der Waals surface area contributed by atoms with Gasteiger partial charge in [0.15, 0.2) is 0 Å². The summed E-state index contributed by atoms with van der Waals surface area (Å²) < 4.78 is 1.69. The Balaban J connectivity index is 1.83. The first-order valence-corrected chi connectivity index (χ1v) is 7.77. The number of nitrogens with zero attached hydrogens (tertiary/aromatic N) is 2. The molecule has 0 spiro atoms. The Bertz CT molecular complexity index is 890. The lowest BCUT2D eigenvalue weighted by atomic mass is 9.91. The molecule has 4 rings (SSSR count). The molecule has 1 aliphatic rings. The van der Waals surface area contributed by atoms with Gasteiger partial charge >= 0.3 is 0 Å². The van der Waals surface area contributed by atoms with Crippen LogP contribution >= 0.6 is 0 Å². The topological polar surface area (TPSA) is 58.9 Å². The van der Waals surface area contributed by atoms with Crippen molar-refractivity contribution in [3.05, 3.63) is 76.8 Å². The zero-order valence-corrected chi connectivity index (χ0v) is 12.8. The van der Waals surface area contributed by atoms with Crippen LogP contribution in [-0.4, -0.2) is 15.6 Å². The van der Waals surface area contributed by atoms with Gasteiger partial charge in [-0.25, -0.2) is 10.4 Å². The largest absolute Gasteiger partial charge is 0.280 e. The molecule has 0 aliphatic carbocycles. The molecule has 3 aromatic rings. The van der Waals surface area contributed by atoms with Crippen molar-refractivity contribution in [2.45, 2.75) is 25.0 Å². The average Bonchev–Trinajstić information content (AvgIpc) is 2.98. The molecule has 2 aromatic carbocycles. The Morgan fingerprint density at radius 2 is 1.74 bits per heavy atom. The first-order valence-electron chi connectivity index (χ1n) is 7.77. The van der Waals surface area contributed by atoms with Gasteiger partial charge in [-0.1, -0.05) is 42.5 Å². The maximum absolute atomic E-state index is 12.9. The molecule has 5 nitrogen and oxygen atoms in total. The number of hydrogen-bond acceptors (Lipinski definition) is 4. The van der Waals surface area contributed by atoms with E-state index < -0.39 is 0 Å². The predicted molar refractivity (Wildman–Crippen MR) is 90.0 cm³/mol. The highest BCUT2D eigenvalue weighted by Gasteiger charge is 2.36. The molecule has 1 aromatic heterocycles. The van der Waals surface area contributed by atoms with Gasteiger partial charge in [-0.2, -0.15) is 0 Å². The van der Waals surface area contributed by atoms with Gasteiger partial charge < -0.3 is 0 Å². The van der Waals surface area contributed by atoms with Crippen LogP contribution in [0.1, 0.15) is 24.6 Å². The van der Waals surface area contributed by atoms with Crippen LogP contribution in [0.3, 0.4) is 0 Å². The van der Waals surface area contributed by atoms with Gasteiger partial charge in [0, 0.05) is 12.0 Å². The second kappa shape index (κ2) is 5.61. The van der Waals surface area contributed by atoms with Crippen molar-refractivity contribution < 1.29 is 0 Å². The van der Waals surface area contributed by atoms with Gasteiger partial charge in [0.2, 0.25) is 0 Å². The molecule has 3 unspecified atom stereocenters. The monoisotopic (exact) mass is 306 g/mol. The van der Waals surface area contributed by atoms with Gasteiger partial charge in [0.25, 0.3) is 5.56 Å². The molecule has 23 heavy (non-hydrogen) atoms. The fourth-order valence-corrected chi connectivity index (χ4v) is 3.34. The van der Waals surface area contributed by atoms with E-state index in [-0.39, 0.29) is 23.7 Å². The lowest BCUT2D eigenvalue weighted by Gasteiger charge is -2.23. The zero-order valence-electron chi connectivity index (χ0n) is 12.8. The summed E-state index contributed by atoms with van der Waals surface area (Å²) in [7, 11) is 0. The van der Waals surface area contributed by atoms with Crippen LogP contribution in [0.5, 0.6) is 0 Å². The molecule has 2 heterocycles. The first-order chi connectivity index (χ1) is 11.3. The fraction of sp³-hybridized carbons (Fsp3) is 0.222. The van der Waals surface area contributed by atoms with Crippen LogP contribution in [0, 0.1) is 0 Å². The Morgan fingerprint density at radius 1 is 1.00 bits per heavy atom. The van der Waals surface area contributed by atoms with E-state index in [0.29, 0.717) is 5.39 Å². The summed E-state index contributed by atoms with van der Waals surface area (Å²) in [6, 6.07) is 17.9. The van der Waals surface area contributed by atoms with Crippen LogP contribution in [0.15, 0.2) is 65.7 Å². The van der Waals surface area contributed by atoms with Crippen molar-refractivity contribution in [1.29, 1.82) is 0 Å². The molecule has 3 atom stereocenters. The second-order valence-corrected chi connectivity index (χ2v) is 5.93. The maximum Gasteiger partial charge on any atom is 0.262 e. The standard InChI is InChI=1S/C18H18N4O/c1-12-16(13-7-3-2-4-8-13)17(21-20-12)22-11-19-15-10-6-5-9-14(15)18(22)23/h2-12,16-17,20-21H,1H3. The fourth-order valence-electron chi connectivity index (χ4n) is 3.34. The Morgan fingerprint density at radius 3 is 2.57 bits per heavy atom. The highest BCUT2D eigenvalue weighted by atomic mass is 16.1. The molecule has 0 amide bonds. The van der Waals surface area contributed by atoms with E-state index in [2.05, 4.69) is 34.9 Å². The molecule has 0 radical (unpaired) electrons. The minimum atomic E-state index is -0.169. The number of benzene rings is 2. The molecule has 1 saturated heterocycles. The quantitative estimate of drug-likeness (QED) is 0.762. The smallest absolute Gasteiger partial charge is 0.262 e. The molecule has 5 heteroatoms. The molecule has 0 saturated carbocycles. The molecule has 1 aliphatic heterocycles. The van der Waals surface area contributed by atoms with E-state index in [9.17, 15) is 4.79 Å². The second-order valence-electron chi connectivity index (χ2n) is 5.93. The number of para-hydroxylation sites is 1. The van der Waals surface area contributed by atoms with Crippen molar-refractivity contribution >= 4 is 10.9 Å². The zero-order chi connectivity index (χ0) is 15.8. The number of aromatic nitrogens is 2. The number of nitrogens with one attached hydrogen (secondary N) is 2. The third-order valence-electron chi connectivity index (χ3n) is 4.51. The van der Waals surface area contributed by atoms with Crippen LogP contribution in [0.4, 0.5) is 0 Å². The molecule has 0 bridgehead atoms. The first kappa shape index (κ1) is 14.1. The summed E-state index contributed by atoms with van der Waals surface area (Å²) in [6.45, 7) is 2.12. The Hall–Kier alpha value is -2.50. The van der Waals surface area contributed by atoms with E-state index in [1.165, 1.54) is 5.56 Å². The maximum atomic E-state index is 12.9. The molecular formula is C18H18N4O. The van der Waals surface area contributed by atoms with Crippen molar-refractivity contribution in [2.75, 3.05) is 0 Å². The number of hydrazine groups is 1. The summed E-state index contributed by atoms with van der Waals surface area (Å²) in [5.41, 5.74) is 8.40. The van der Waals surface area contributed by atoms with Gasteiger partial charge in [0.1, 0.15) is 6.17 Å². The highest BCUT2D eigenvalue weighted by molar-refractivity contribution is 5.76. The summed E-state index contributed by atoms with van der Waals surface area (Å²) in [5, 5.41) is 0.642. The summed E-state index contributed by atoms with van der Waals surface area (Å²) >= 11 is 0. The molecule has 116 valence electrons. The van der Waals surface area contributed by atoms with Crippen LogP contribution in [0.25, 0.3) is 10.9 Å². The van der Waals surface area contributed by atoms with E-state index >= 15 is 0 Å². The molecular weight excluding hydrogens is 288 g/mol. The summed E-state index contributed by atoms with van der Waals surface area (Å²) in [4.78, 5) is 17.3. The van der Waals surface area contributed by atoms with Crippen molar-refractivity contribution in [3.63, 3.8) is 0 Å². The van der Waals surface area contributed by atoms with E-state index in [4.69, 9.17) is 0 Å². The summed E-state index contributed by atoms with van der Waals surface area (Å²) in [5.74, 6) is 0.150. The third-order valence-corrected chi connectivity index (χ3v) is 4.51. The van der Waals surface area contributed by atoms with Crippen LogP contribution < -0.4 is 16.4 Å².